The number of hydrogen-bond acceptors (Lipinski definition) is 3. The van der Waals surface area contributed by atoms with Gasteiger partial charge in [0.05, 0.1) is 6.61 Å². The summed E-state index contributed by atoms with van der Waals surface area (Å²) in [7, 11) is 1.69. The zero-order chi connectivity index (χ0) is 15.1. The Balaban J connectivity index is 2.00. The average molecular weight is 306 g/mol. The lowest BCUT2D eigenvalue weighted by molar-refractivity contribution is 0.199. The van der Waals surface area contributed by atoms with Crippen LogP contribution in [0.15, 0.2) is 42.5 Å². The largest absolute Gasteiger partial charge is 0.457 e. The molecule has 112 valence electrons. The second-order valence-corrected chi connectivity index (χ2v) is 5.20. The highest BCUT2D eigenvalue weighted by atomic mass is 35.5. The number of rotatable bonds is 7. The monoisotopic (exact) mass is 305 g/mol. The molecule has 0 amide bonds. The average Bonchev–Trinajstić information content (AvgIpc) is 2.48. The van der Waals surface area contributed by atoms with Gasteiger partial charge >= 0.3 is 0 Å². The van der Waals surface area contributed by atoms with E-state index < -0.39 is 0 Å². The van der Waals surface area contributed by atoms with Crippen LogP contribution in [0.25, 0.3) is 0 Å². The number of methoxy groups -OCH3 is 1. The van der Waals surface area contributed by atoms with Crippen LogP contribution in [0.2, 0.25) is 5.02 Å². The number of nitrogens with one attached hydrogen (secondary N) is 1. The van der Waals surface area contributed by atoms with E-state index >= 15 is 0 Å². The van der Waals surface area contributed by atoms with Crippen molar-refractivity contribution >= 4 is 11.6 Å². The summed E-state index contributed by atoms with van der Waals surface area (Å²) < 4.78 is 10.9. The summed E-state index contributed by atoms with van der Waals surface area (Å²) in [4.78, 5) is 0. The van der Waals surface area contributed by atoms with Crippen molar-refractivity contribution in [1.29, 1.82) is 0 Å². The summed E-state index contributed by atoms with van der Waals surface area (Å²) in [5, 5.41) is 3.97. The van der Waals surface area contributed by atoms with E-state index in [4.69, 9.17) is 21.1 Å². The first-order valence-corrected chi connectivity index (χ1v) is 7.30. The molecule has 1 N–H and O–H groups in total. The van der Waals surface area contributed by atoms with Crippen LogP contribution < -0.4 is 10.1 Å². The first-order valence-electron chi connectivity index (χ1n) is 6.92. The third-order valence-electron chi connectivity index (χ3n) is 3.14. The first kappa shape index (κ1) is 15.8. The van der Waals surface area contributed by atoms with Crippen LogP contribution in [0, 0.1) is 6.92 Å². The minimum Gasteiger partial charge on any atom is -0.457 e. The molecule has 0 atom stereocenters. The second-order valence-electron chi connectivity index (χ2n) is 4.79. The van der Waals surface area contributed by atoms with Crippen molar-refractivity contribution in [1.82, 2.24) is 5.32 Å². The highest BCUT2D eigenvalue weighted by Gasteiger charge is 2.05. The number of ether oxygens (including phenoxy) is 2. The van der Waals surface area contributed by atoms with Gasteiger partial charge in [0.15, 0.2) is 0 Å². The van der Waals surface area contributed by atoms with Crippen molar-refractivity contribution in [2.24, 2.45) is 0 Å². The van der Waals surface area contributed by atoms with Gasteiger partial charge < -0.3 is 14.8 Å². The predicted octanol–water partition coefficient (Wildman–Crippen LogP) is 4.18. The van der Waals surface area contributed by atoms with Crippen LogP contribution in [0.4, 0.5) is 0 Å². The lowest BCUT2D eigenvalue weighted by atomic mass is 10.2. The lowest BCUT2D eigenvalue weighted by Gasteiger charge is -2.11. The van der Waals surface area contributed by atoms with Crippen molar-refractivity contribution in [2.75, 3.05) is 20.3 Å². The van der Waals surface area contributed by atoms with Gasteiger partial charge in [-0.3, -0.25) is 0 Å². The molecule has 2 aromatic rings. The molecular formula is C17H20ClNO2. The Morgan fingerprint density at radius 2 is 1.95 bits per heavy atom. The Morgan fingerprint density at radius 1 is 1.14 bits per heavy atom. The highest BCUT2D eigenvalue weighted by Crippen LogP contribution is 2.28. The standard InChI is InChI=1S/C17H20ClNO2/c1-13-5-3-4-6-17(13)21-15-8-7-14(16(18)11-15)12-19-9-10-20-2/h3-8,11,19H,9-10,12H2,1-2H3. The van der Waals surface area contributed by atoms with Crippen LogP contribution >= 0.6 is 11.6 Å². The van der Waals surface area contributed by atoms with Gasteiger partial charge in [0.25, 0.3) is 0 Å². The molecule has 0 heterocycles. The first-order chi connectivity index (χ1) is 10.2. The van der Waals surface area contributed by atoms with Gasteiger partial charge in [0.1, 0.15) is 11.5 Å². The Hall–Kier alpha value is -1.55. The van der Waals surface area contributed by atoms with Crippen molar-refractivity contribution in [2.45, 2.75) is 13.5 Å². The maximum Gasteiger partial charge on any atom is 0.130 e. The third-order valence-corrected chi connectivity index (χ3v) is 3.50. The van der Waals surface area contributed by atoms with Gasteiger partial charge in [-0.25, -0.2) is 0 Å². The molecule has 0 unspecified atom stereocenters. The van der Waals surface area contributed by atoms with Crippen molar-refractivity contribution in [3.63, 3.8) is 0 Å². The van der Waals surface area contributed by atoms with Gasteiger partial charge in [-0.15, -0.1) is 0 Å². The smallest absolute Gasteiger partial charge is 0.130 e. The van der Waals surface area contributed by atoms with E-state index in [2.05, 4.69) is 5.32 Å². The summed E-state index contributed by atoms with van der Waals surface area (Å²) >= 11 is 6.30. The zero-order valence-electron chi connectivity index (χ0n) is 12.4. The molecule has 0 aliphatic heterocycles. The Labute approximate surface area is 130 Å². The van der Waals surface area contributed by atoms with Crippen molar-refractivity contribution < 1.29 is 9.47 Å². The van der Waals surface area contributed by atoms with Crippen LogP contribution in [-0.2, 0) is 11.3 Å². The molecule has 0 aliphatic carbocycles. The molecule has 21 heavy (non-hydrogen) atoms. The fraction of sp³-hybridized carbons (Fsp3) is 0.294. The fourth-order valence-electron chi connectivity index (χ4n) is 1.93. The van der Waals surface area contributed by atoms with Gasteiger partial charge in [-0.1, -0.05) is 35.9 Å². The Kier molecular flexibility index (Phi) is 6.05. The molecular weight excluding hydrogens is 286 g/mol. The topological polar surface area (TPSA) is 30.5 Å². The highest BCUT2D eigenvalue weighted by molar-refractivity contribution is 6.31. The molecule has 0 saturated heterocycles. The van der Waals surface area contributed by atoms with Gasteiger partial charge in [-0.05, 0) is 36.2 Å². The molecule has 0 aliphatic rings. The molecule has 2 aromatic carbocycles. The lowest BCUT2D eigenvalue weighted by Crippen LogP contribution is -2.18. The van der Waals surface area contributed by atoms with E-state index in [0.29, 0.717) is 18.2 Å². The molecule has 0 bridgehead atoms. The number of halogens is 1. The van der Waals surface area contributed by atoms with Crippen molar-refractivity contribution in [3.8, 4) is 11.5 Å². The maximum absolute atomic E-state index is 6.30. The summed E-state index contributed by atoms with van der Waals surface area (Å²) in [5.41, 5.74) is 2.14. The fourth-order valence-corrected chi connectivity index (χ4v) is 2.17. The van der Waals surface area contributed by atoms with Crippen LogP contribution in [-0.4, -0.2) is 20.3 Å². The number of para-hydroxylation sites is 1. The quantitative estimate of drug-likeness (QED) is 0.779. The number of hydrogen-bond donors (Lipinski definition) is 1. The third kappa shape index (κ3) is 4.74. The van der Waals surface area contributed by atoms with E-state index in [9.17, 15) is 0 Å². The SMILES string of the molecule is COCCNCc1ccc(Oc2ccccc2C)cc1Cl. The normalized spacial score (nSPS) is 10.6. The van der Waals surface area contributed by atoms with Crippen LogP contribution in [0.1, 0.15) is 11.1 Å². The summed E-state index contributed by atoms with van der Waals surface area (Å²) in [6.07, 6.45) is 0. The minimum atomic E-state index is 0.687. The van der Waals surface area contributed by atoms with Gasteiger partial charge in [-0.2, -0.15) is 0 Å². The predicted molar refractivity (Wildman–Crippen MR) is 86.3 cm³/mol. The molecule has 3 nitrogen and oxygen atoms in total. The molecule has 0 spiro atoms. The van der Waals surface area contributed by atoms with E-state index in [1.54, 1.807) is 7.11 Å². The molecule has 0 fully saturated rings. The molecule has 0 aromatic heterocycles. The number of aryl methyl sites for hydroxylation is 1. The minimum absolute atomic E-state index is 0.687. The molecule has 0 radical (unpaired) electrons. The molecule has 2 rings (SSSR count). The summed E-state index contributed by atoms with van der Waals surface area (Å²) in [6.45, 7) is 4.22. The zero-order valence-corrected chi connectivity index (χ0v) is 13.1. The van der Waals surface area contributed by atoms with E-state index in [0.717, 1.165) is 29.2 Å². The van der Waals surface area contributed by atoms with Crippen LogP contribution in [0.3, 0.4) is 0 Å². The Morgan fingerprint density at radius 3 is 2.67 bits per heavy atom. The maximum atomic E-state index is 6.30. The van der Waals surface area contributed by atoms with E-state index in [1.165, 1.54) is 0 Å². The molecule has 4 heteroatoms. The van der Waals surface area contributed by atoms with E-state index in [-0.39, 0.29) is 0 Å². The Bertz CT molecular complexity index is 587. The van der Waals surface area contributed by atoms with E-state index in [1.807, 2.05) is 49.4 Å². The van der Waals surface area contributed by atoms with Gasteiger partial charge in [0.2, 0.25) is 0 Å². The molecule has 0 saturated carbocycles. The second kappa shape index (κ2) is 8.03. The summed E-state index contributed by atoms with van der Waals surface area (Å²) in [5.74, 6) is 1.59. The van der Waals surface area contributed by atoms with Gasteiger partial charge in [0, 0.05) is 25.2 Å². The number of benzene rings is 2. The van der Waals surface area contributed by atoms with Crippen LogP contribution in [0.5, 0.6) is 11.5 Å². The summed E-state index contributed by atoms with van der Waals surface area (Å²) in [6, 6.07) is 13.7. The van der Waals surface area contributed by atoms with Crippen molar-refractivity contribution in [3.05, 3.63) is 58.6 Å².